The first kappa shape index (κ1) is 15.2. The molecule has 0 radical (unpaired) electrons. The monoisotopic (exact) mass is 370 g/mol. The van der Waals surface area contributed by atoms with Crippen LogP contribution in [0.15, 0.2) is 47.7 Å². The second-order valence-corrected chi connectivity index (χ2v) is 6.66. The Hall–Kier alpha value is -1.17. The lowest BCUT2D eigenvalue weighted by Crippen LogP contribution is -2.30. The van der Waals surface area contributed by atoms with E-state index in [1.54, 1.807) is 29.3 Å². The van der Waals surface area contributed by atoms with Gasteiger partial charge >= 0.3 is 0 Å². The van der Waals surface area contributed by atoms with Gasteiger partial charge in [-0.15, -0.1) is 17.9 Å². The number of pyridine rings is 1. The highest BCUT2D eigenvalue weighted by atomic mass is 79.9. The molecule has 104 valence electrons. The molecule has 0 bridgehead atoms. The summed E-state index contributed by atoms with van der Waals surface area (Å²) in [5.74, 6) is -0.0578. The molecule has 2 rings (SSSR count). The fourth-order valence-corrected chi connectivity index (χ4v) is 3.19. The van der Waals surface area contributed by atoms with E-state index in [2.05, 4.69) is 27.5 Å². The van der Waals surface area contributed by atoms with Crippen LogP contribution >= 0.6 is 38.9 Å². The highest BCUT2D eigenvalue weighted by Gasteiger charge is 2.16. The number of carbonyl (C=O) groups excluding carboxylic acids is 1. The lowest BCUT2D eigenvalue weighted by atomic mass is 10.2. The summed E-state index contributed by atoms with van der Waals surface area (Å²) in [6, 6.07) is 7.17. The van der Waals surface area contributed by atoms with Gasteiger partial charge in [-0.1, -0.05) is 17.7 Å². The number of thiophene rings is 1. The van der Waals surface area contributed by atoms with E-state index in [1.807, 2.05) is 12.1 Å². The second-order valence-electron chi connectivity index (χ2n) is 4.05. The van der Waals surface area contributed by atoms with Gasteiger partial charge in [0.15, 0.2) is 0 Å². The van der Waals surface area contributed by atoms with Crippen molar-refractivity contribution in [3.63, 3.8) is 0 Å². The van der Waals surface area contributed by atoms with Gasteiger partial charge in [-0.3, -0.25) is 4.79 Å². The third-order valence-electron chi connectivity index (χ3n) is 2.59. The van der Waals surface area contributed by atoms with E-state index >= 15 is 0 Å². The van der Waals surface area contributed by atoms with E-state index in [-0.39, 0.29) is 5.91 Å². The minimum atomic E-state index is -0.0578. The van der Waals surface area contributed by atoms with Crippen molar-refractivity contribution in [2.45, 2.75) is 6.54 Å². The molecule has 0 fully saturated rings. The van der Waals surface area contributed by atoms with Gasteiger partial charge in [-0.05, 0) is 40.2 Å². The Balaban J connectivity index is 2.19. The number of aromatic nitrogens is 1. The van der Waals surface area contributed by atoms with Crippen LogP contribution in [-0.4, -0.2) is 22.3 Å². The number of hydrogen-bond acceptors (Lipinski definition) is 3. The summed E-state index contributed by atoms with van der Waals surface area (Å²) in [6.45, 7) is 4.70. The number of hydrogen-bond donors (Lipinski definition) is 0. The van der Waals surface area contributed by atoms with Crippen LogP contribution in [0.2, 0.25) is 4.34 Å². The average Bonchev–Trinajstić information content (AvgIpc) is 2.83. The molecule has 20 heavy (non-hydrogen) atoms. The molecule has 0 aromatic carbocycles. The largest absolute Gasteiger partial charge is 0.330 e. The van der Waals surface area contributed by atoms with Gasteiger partial charge in [0.1, 0.15) is 4.60 Å². The zero-order valence-corrected chi connectivity index (χ0v) is 13.7. The van der Waals surface area contributed by atoms with Gasteiger partial charge < -0.3 is 4.90 Å². The summed E-state index contributed by atoms with van der Waals surface area (Å²) >= 11 is 10.7. The van der Waals surface area contributed by atoms with E-state index in [0.717, 1.165) is 9.21 Å². The van der Waals surface area contributed by atoms with Crippen molar-refractivity contribution in [1.29, 1.82) is 0 Å². The number of halogens is 2. The summed E-state index contributed by atoms with van der Waals surface area (Å²) in [5, 5.41) is 0. The first-order chi connectivity index (χ1) is 9.60. The summed E-state index contributed by atoms with van der Waals surface area (Å²) < 4.78 is 1.36. The molecule has 0 aliphatic heterocycles. The van der Waals surface area contributed by atoms with Crippen molar-refractivity contribution < 1.29 is 4.79 Å². The molecule has 0 saturated heterocycles. The average molecular weight is 372 g/mol. The highest BCUT2D eigenvalue weighted by Crippen LogP contribution is 2.23. The van der Waals surface area contributed by atoms with Crippen molar-refractivity contribution in [2.75, 3.05) is 6.54 Å². The van der Waals surface area contributed by atoms with E-state index in [0.29, 0.717) is 23.3 Å². The maximum absolute atomic E-state index is 12.5. The van der Waals surface area contributed by atoms with Gasteiger partial charge in [-0.2, -0.15) is 0 Å². The van der Waals surface area contributed by atoms with Crippen LogP contribution in [0.4, 0.5) is 0 Å². The molecule has 0 atom stereocenters. The van der Waals surface area contributed by atoms with Crippen molar-refractivity contribution in [3.05, 3.63) is 62.5 Å². The Morgan fingerprint density at radius 1 is 1.50 bits per heavy atom. The summed E-state index contributed by atoms with van der Waals surface area (Å²) in [7, 11) is 0. The maximum Gasteiger partial charge on any atom is 0.254 e. The molecule has 0 spiro atoms. The smallest absolute Gasteiger partial charge is 0.254 e. The Bertz CT molecular complexity index is 629. The minimum absolute atomic E-state index is 0.0578. The normalized spacial score (nSPS) is 10.3. The molecule has 0 aliphatic carbocycles. The zero-order valence-electron chi connectivity index (χ0n) is 10.6. The van der Waals surface area contributed by atoms with Crippen LogP contribution in [-0.2, 0) is 6.54 Å². The Morgan fingerprint density at radius 3 is 2.90 bits per heavy atom. The molecule has 2 aromatic heterocycles. The van der Waals surface area contributed by atoms with E-state index in [9.17, 15) is 4.79 Å². The minimum Gasteiger partial charge on any atom is -0.330 e. The van der Waals surface area contributed by atoms with Crippen molar-refractivity contribution in [3.8, 4) is 0 Å². The molecule has 0 aliphatic rings. The van der Waals surface area contributed by atoms with Crippen LogP contribution in [0.3, 0.4) is 0 Å². The lowest BCUT2D eigenvalue weighted by molar-refractivity contribution is 0.0764. The summed E-state index contributed by atoms with van der Waals surface area (Å²) in [5.41, 5.74) is 0.594. The van der Waals surface area contributed by atoms with Gasteiger partial charge in [0.2, 0.25) is 0 Å². The molecule has 6 heteroatoms. The van der Waals surface area contributed by atoms with Crippen molar-refractivity contribution in [2.24, 2.45) is 0 Å². The fourth-order valence-electron chi connectivity index (χ4n) is 1.72. The van der Waals surface area contributed by atoms with E-state index < -0.39 is 0 Å². The van der Waals surface area contributed by atoms with Crippen molar-refractivity contribution in [1.82, 2.24) is 9.88 Å². The first-order valence-electron chi connectivity index (χ1n) is 5.86. The molecule has 3 nitrogen and oxygen atoms in total. The Morgan fingerprint density at radius 2 is 2.30 bits per heavy atom. The summed E-state index contributed by atoms with van der Waals surface area (Å²) in [4.78, 5) is 19.3. The molecule has 1 amide bonds. The molecule has 0 saturated carbocycles. The second kappa shape index (κ2) is 7.02. The SMILES string of the molecule is C=CCN(Cc1ccc(Cl)s1)C(=O)c1ccnc(Br)c1. The third kappa shape index (κ3) is 3.91. The number of nitrogens with zero attached hydrogens (tertiary/aromatic N) is 2. The molecule has 2 heterocycles. The third-order valence-corrected chi connectivity index (χ3v) is 4.24. The maximum atomic E-state index is 12.5. The fraction of sp³-hybridized carbons (Fsp3) is 0.143. The van der Waals surface area contributed by atoms with Crippen LogP contribution in [0.25, 0.3) is 0 Å². The topological polar surface area (TPSA) is 33.2 Å². The van der Waals surface area contributed by atoms with Crippen LogP contribution in [0.5, 0.6) is 0 Å². The summed E-state index contributed by atoms with van der Waals surface area (Å²) in [6.07, 6.45) is 3.31. The van der Waals surface area contributed by atoms with Crippen LogP contribution < -0.4 is 0 Å². The first-order valence-corrected chi connectivity index (χ1v) is 7.85. The standard InChI is InChI=1S/C14H12BrClN2OS/c1-2-7-18(9-11-3-4-13(16)20-11)14(19)10-5-6-17-12(15)8-10/h2-6,8H,1,7,9H2. The molecule has 0 unspecified atom stereocenters. The molecular weight excluding hydrogens is 360 g/mol. The predicted octanol–water partition coefficient (Wildman–Crippen LogP) is 4.39. The number of amides is 1. The Labute approximate surface area is 135 Å². The van der Waals surface area contributed by atoms with Gasteiger partial charge in [0.25, 0.3) is 5.91 Å². The van der Waals surface area contributed by atoms with Crippen LogP contribution in [0, 0.1) is 0 Å². The molecular formula is C14H12BrClN2OS. The van der Waals surface area contributed by atoms with Gasteiger partial charge in [-0.25, -0.2) is 4.98 Å². The quantitative estimate of drug-likeness (QED) is 0.577. The van der Waals surface area contributed by atoms with Crippen molar-refractivity contribution >= 4 is 44.8 Å². The van der Waals surface area contributed by atoms with E-state index in [4.69, 9.17) is 11.6 Å². The number of carbonyl (C=O) groups is 1. The van der Waals surface area contributed by atoms with Crippen LogP contribution in [0.1, 0.15) is 15.2 Å². The van der Waals surface area contributed by atoms with Gasteiger partial charge in [0, 0.05) is 23.2 Å². The lowest BCUT2D eigenvalue weighted by Gasteiger charge is -2.20. The molecule has 0 N–H and O–H groups in total. The predicted molar refractivity (Wildman–Crippen MR) is 86.2 cm³/mol. The Kier molecular flexibility index (Phi) is 5.34. The zero-order chi connectivity index (χ0) is 14.5. The van der Waals surface area contributed by atoms with E-state index in [1.165, 1.54) is 11.3 Å². The van der Waals surface area contributed by atoms with Gasteiger partial charge in [0.05, 0.1) is 10.9 Å². The number of rotatable bonds is 5. The highest BCUT2D eigenvalue weighted by molar-refractivity contribution is 9.10. The molecule has 2 aromatic rings.